The quantitative estimate of drug-likeness (QED) is 0.802. The van der Waals surface area contributed by atoms with Crippen molar-refractivity contribution in [2.45, 2.75) is 25.5 Å². The van der Waals surface area contributed by atoms with Crippen LogP contribution in [0.1, 0.15) is 36.5 Å². The lowest BCUT2D eigenvalue weighted by Gasteiger charge is -2.16. The summed E-state index contributed by atoms with van der Waals surface area (Å²) in [5, 5.41) is 0. The third-order valence-electron chi connectivity index (χ3n) is 2.65. The second-order valence-corrected chi connectivity index (χ2v) is 5.91. The largest absolute Gasteiger partial charge is 0.383 e. The van der Waals surface area contributed by atoms with Crippen LogP contribution in [-0.4, -0.2) is 14.3 Å². The van der Waals surface area contributed by atoms with Crippen LogP contribution in [0.15, 0.2) is 22.6 Å². The predicted octanol–water partition coefficient (Wildman–Crippen LogP) is 1.36. The highest BCUT2D eigenvalue weighted by Gasteiger charge is 2.22. The Labute approximate surface area is 95.2 Å². The van der Waals surface area contributed by atoms with E-state index in [1.807, 2.05) is 18.2 Å². The Morgan fingerprint density at radius 3 is 2.69 bits per heavy atom. The monoisotopic (exact) mass is 238 g/mol. The summed E-state index contributed by atoms with van der Waals surface area (Å²) in [6, 6.07) is 5.69. The molecule has 1 aliphatic rings. The molecule has 1 aliphatic heterocycles. The van der Waals surface area contributed by atoms with Crippen LogP contribution < -0.4 is 5.73 Å². The van der Waals surface area contributed by atoms with Crippen molar-refractivity contribution in [3.05, 3.63) is 34.9 Å². The molecule has 0 fully saturated rings. The van der Waals surface area contributed by atoms with Gasteiger partial charge in [0, 0.05) is 5.56 Å². The van der Waals surface area contributed by atoms with Gasteiger partial charge in [-0.1, -0.05) is 26.0 Å². The van der Waals surface area contributed by atoms with Crippen molar-refractivity contribution in [2.75, 3.05) is 0 Å². The zero-order valence-corrected chi connectivity index (χ0v) is 10.1. The van der Waals surface area contributed by atoms with Gasteiger partial charge in [-0.25, -0.2) is 8.42 Å². The molecule has 0 saturated heterocycles. The molecule has 1 heterocycles. The summed E-state index contributed by atoms with van der Waals surface area (Å²) >= 11 is 0. The minimum absolute atomic E-state index is 0.0542. The minimum atomic E-state index is -3.42. The molecule has 0 spiro atoms. The lowest BCUT2D eigenvalue weighted by Crippen LogP contribution is -2.24. The molecule has 0 aliphatic carbocycles. The highest BCUT2D eigenvalue weighted by molar-refractivity contribution is 7.89. The Morgan fingerprint density at radius 1 is 1.38 bits per heavy atom. The zero-order valence-electron chi connectivity index (χ0n) is 9.27. The van der Waals surface area contributed by atoms with Crippen molar-refractivity contribution in [3.8, 4) is 0 Å². The first-order chi connectivity index (χ1) is 7.39. The molecule has 0 bridgehead atoms. The maximum absolute atomic E-state index is 11.4. The molecular formula is C11H14N2O2S. The number of fused-ring (bicyclic) bond motifs is 1. The fourth-order valence-electron chi connectivity index (χ4n) is 1.75. The van der Waals surface area contributed by atoms with Crippen molar-refractivity contribution in [1.29, 1.82) is 0 Å². The predicted molar refractivity (Wildman–Crippen MR) is 63.9 cm³/mol. The molecule has 0 amide bonds. The second-order valence-electron chi connectivity index (χ2n) is 4.27. The lowest BCUT2D eigenvalue weighted by atomic mass is 9.97. The molecule has 4 nitrogen and oxygen atoms in total. The number of nitrogens with zero attached hydrogens (tertiary/aromatic N) is 1. The summed E-state index contributed by atoms with van der Waals surface area (Å²) in [5.41, 5.74) is 8.28. The Morgan fingerprint density at radius 2 is 2.06 bits per heavy atom. The highest BCUT2D eigenvalue weighted by Crippen LogP contribution is 2.24. The fraction of sp³-hybridized carbons (Fsp3) is 0.364. The van der Waals surface area contributed by atoms with Gasteiger partial charge in [-0.3, -0.25) is 0 Å². The van der Waals surface area contributed by atoms with Gasteiger partial charge in [0.25, 0.3) is 10.0 Å². The van der Waals surface area contributed by atoms with Gasteiger partial charge in [-0.05, 0) is 23.1 Å². The van der Waals surface area contributed by atoms with Crippen LogP contribution in [0, 0.1) is 0 Å². The molecule has 0 radical (unpaired) electrons. The fourth-order valence-corrected chi connectivity index (χ4v) is 2.85. The van der Waals surface area contributed by atoms with E-state index in [0.29, 0.717) is 5.92 Å². The smallest absolute Gasteiger partial charge is 0.259 e. The topological polar surface area (TPSA) is 72.5 Å². The van der Waals surface area contributed by atoms with E-state index in [4.69, 9.17) is 5.73 Å². The molecule has 2 N–H and O–H groups in total. The lowest BCUT2D eigenvalue weighted by molar-refractivity contribution is 0.596. The molecule has 5 heteroatoms. The van der Waals surface area contributed by atoms with Gasteiger partial charge in [0.2, 0.25) is 0 Å². The van der Waals surface area contributed by atoms with E-state index in [1.54, 1.807) is 0 Å². The van der Waals surface area contributed by atoms with Gasteiger partial charge in [0.05, 0.1) is 5.75 Å². The number of nitrogens with two attached hydrogens (primary N) is 1. The standard InChI is InChI=1S/C11H14N2O2S/c1-7(2)8-3-4-9-6-16(14,15)13-11(12)10(9)5-8/h3-5,7H,6H2,1-2H3,(H2,12,13). The minimum Gasteiger partial charge on any atom is -0.383 e. The molecule has 86 valence electrons. The summed E-state index contributed by atoms with van der Waals surface area (Å²) in [6.45, 7) is 4.16. The normalized spacial score (nSPS) is 18.1. The molecule has 1 aromatic rings. The van der Waals surface area contributed by atoms with Crippen LogP contribution >= 0.6 is 0 Å². The van der Waals surface area contributed by atoms with Gasteiger partial charge < -0.3 is 5.73 Å². The van der Waals surface area contributed by atoms with Gasteiger partial charge in [0.15, 0.2) is 0 Å². The molecule has 0 aromatic heterocycles. The number of sulfonamides is 1. The molecule has 2 rings (SSSR count). The zero-order chi connectivity index (χ0) is 11.9. The van der Waals surface area contributed by atoms with Crippen LogP contribution in [0.4, 0.5) is 0 Å². The summed E-state index contributed by atoms with van der Waals surface area (Å²) in [7, 11) is -3.42. The van der Waals surface area contributed by atoms with E-state index in [2.05, 4.69) is 18.2 Å². The molecule has 1 aromatic carbocycles. The second kappa shape index (κ2) is 3.59. The van der Waals surface area contributed by atoms with Gasteiger partial charge in [0.1, 0.15) is 5.84 Å². The summed E-state index contributed by atoms with van der Waals surface area (Å²) in [5.74, 6) is 0.432. The Kier molecular flexibility index (Phi) is 2.50. The Bertz CT molecular complexity index is 559. The van der Waals surface area contributed by atoms with Crippen molar-refractivity contribution < 1.29 is 8.42 Å². The van der Waals surface area contributed by atoms with E-state index in [9.17, 15) is 8.42 Å². The average Bonchev–Trinajstić information content (AvgIpc) is 2.15. The van der Waals surface area contributed by atoms with Gasteiger partial charge in [-0.2, -0.15) is 0 Å². The maximum atomic E-state index is 11.4. The summed E-state index contributed by atoms with van der Waals surface area (Å²) in [4.78, 5) is 0. The van der Waals surface area contributed by atoms with Crippen LogP contribution in [0.3, 0.4) is 0 Å². The average molecular weight is 238 g/mol. The number of rotatable bonds is 1. The first kappa shape index (κ1) is 11.1. The van der Waals surface area contributed by atoms with E-state index in [-0.39, 0.29) is 11.6 Å². The molecule has 0 atom stereocenters. The van der Waals surface area contributed by atoms with Crippen LogP contribution in [-0.2, 0) is 15.8 Å². The van der Waals surface area contributed by atoms with Crippen LogP contribution in [0.25, 0.3) is 0 Å². The third kappa shape index (κ3) is 1.95. The van der Waals surface area contributed by atoms with Crippen LogP contribution in [0.5, 0.6) is 0 Å². The summed E-state index contributed by atoms with van der Waals surface area (Å²) < 4.78 is 26.3. The van der Waals surface area contributed by atoms with E-state index in [0.717, 1.165) is 16.7 Å². The Hall–Kier alpha value is -1.36. The molecular weight excluding hydrogens is 224 g/mol. The number of hydrogen-bond acceptors (Lipinski definition) is 3. The van der Waals surface area contributed by atoms with Crippen molar-refractivity contribution in [3.63, 3.8) is 0 Å². The molecule has 16 heavy (non-hydrogen) atoms. The first-order valence-corrected chi connectivity index (χ1v) is 6.71. The number of benzene rings is 1. The molecule has 0 saturated carbocycles. The summed E-state index contributed by atoms with van der Waals surface area (Å²) in [6.07, 6.45) is 0. The maximum Gasteiger partial charge on any atom is 0.259 e. The third-order valence-corrected chi connectivity index (χ3v) is 3.80. The van der Waals surface area contributed by atoms with E-state index < -0.39 is 10.0 Å². The van der Waals surface area contributed by atoms with Crippen LogP contribution in [0.2, 0.25) is 0 Å². The van der Waals surface area contributed by atoms with Gasteiger partial charge in [-0.15, -0.1) is 4.40 Å². The SMILES string of the molecule is CC(C)c1ccc2c(c1)C(N)=NS(=O)(=O)C2. The number of hydrogen-bond donors (Lipinski definition) is 1. The molecule has 0 unspecified atom stereocenters. The van der Waals surface area contributed by atoms with E-state index in [1.165, 1.54) is 0 Å². The van der Waals surface area contributed by atoms with Gasteiger partial charge >= 0.3 is 0 Å². The number of amidine groups is 1. The van der Waals surface area contributed by atoms with Crippen molar-refractivity contribution in [2.24, 2.45) is 10.1 Å². The first-order valence-electron chi connectivity index (χ1n) is 5.10. The van der Waals surface area contributed by atoms with Crippen molar-refractivity contribution in [1.82, 2.24) is 0 Å². The Balaban J connectivity index is 2.58. The van der Waals surface area contributed by atoms with E-state index >= 15 is 0 Å². The van der Waals surface area contributed by atoms with Crippen molar-refractivity contribution >= 4 is 15.9 Å². The highest BCUT2D eigenvalue weighted by atomic mass is 32.2.